The third-order valence-electron chi connectivity index (χ3n) is 5.13. The summed E-state index contributed by atoms with van der Waals surface area (Å²) in [5.41, 5.74) is 6.13. The van der Waals surface area contributed by atoms with Crippen LogP contribution in [-0.4, -0.2) is 35.5 Å². The number of nitrogens with zero attached hydrogens (tertiary/aromatic N) is 1. The molecule has 3 aromatic rings. The maximum Gasteiger partial charge on any atom is 0.253 e. The number of rotatable bonds is 3. The lowest BCUT2D eigenvalue weighted by molar-refractivity contribution is 0.0959. The largest absolute Gasteiger partial charge is 0.366 e. The molecule has 5 heteroatoms. The van der Waals surface area contributed by atoms with Gasteiger partial charge in [-0.15, -0.1) is 0 Å². The third-order valence-corrected chi connectivity index (χ3v) is 5.13. The van der Waals surface area contributed by atoms with Crippen LogP contribution < -0.4 is 10.6 Å². The number of anilines is 1. The van der Waals surface area contributed by atoms with E-state index in [1.54, 1.807) is 0 Å². The Morgan fingerprint density at radius 2 is 1.77 bits per heavy atom. The van der Waals surface area contributed by atoms with E-state index in [9.17, 15) is 4.79 Å². The highest BCUT2D eigenvalue weighted by Crippen LogP contribution is 2.37. The van der Waals surface area contributed by atoms with Crippen LogP contribution in [0.4, 0.5) is 5.69 Å². The minimum atomic E-state index is -0.0398. The third kappa shape index (κ3) is 2.48. The zero-order valence-corrected chi connectivity index (χ0v) is 14.4. The summed E-state index contributed by atoms with van der Waals surface area (Å²) < 4.78 is 0. The first-order valence-electron chi connectivity index (χ1n) is 8.93. The van der Waals surface area contributed by atoms with Crippen LogP contribution in [0.3, 0.4) is 0 Å². The fourth-order valence-corrected chi connectivity index (χ4v) is 3.82. The number of aromatic nitrogens is 1. The standard InChI is InChI=1S/C21H20N4O/c26-21-16-4-3-5-17-18(16)20(22-13-23-21)19(24-17)15-8-6-14(7-9-15)12-25-10-1-2-11-25/h1-9,22,24H,10-13H2,(H,23,26). The Labute approximate surface area is 151 Å². The molecule has 0 spiro atoms. The maximum atomic E-state index is 12.3. The lowest BCUT2D eigenvalue weighted by Crippen LogP contribution is -2.26. The molecule has 2 aromatic carbocycles. The van der Waals surface area contributed by atoms with E-state index in [0.29, 0.717) is 12.2 Å². The molecule has 0 saturated heterocycles. The quantitative estimate of drug-likeness (QED) is 0.639. The van der Waals surface area contributed by atoms with Crippen molar-refractivity contribution in [2.24, 2.45) is 0 Å². The monoisotopic (exact) mass is 344 g/mol. The molecule has 0 saturated carbocycles. The Hall–Kier alpha value is -3.05. The Balaban J connectivity index is 1.53. The SMILES string of the molecule is O=C1NCNc2c(-c3ccc(CN4CC=CC4)cc3)[nH]c3cccc1c23. The molecule has 3 N–H and O–H groups in total. The van der Waals surface area contributed by atoms with Crippen LogP contribution in [0.2, 0.25) is 0 Å². The van der Waals surface area contributed by atoms with E-state index < -0.39 is 0 Å². The number of benzene rings is 2. The van der Waals surface area contributed by atoms with Crippen molar-refractivity contribution in [3.05, 3.63) is 65.7 Å². The van der Waals surface area contributed by atoms with Gasteiger partial charge in [-0.2, -0.15) is 0 Å². The van der Waals surface area contributed by atoms with Gasteiger partial charge >= 0.3 is 0 Å². The molecule has 0 fully saturated rings. The number of H-pyrrole nitrogens is 1. The minimum Gasteiger partial charge on any atom is -0.366 e. The van der Waals surface area contributed by atoms with E-state index in [2.05, 4.69) is 56.9 Å². The van der Waals surface area contributed by atoms with Gasteiger partial charge in [-0.05, 0) is 17.7 Å². The van der Waals surface area contributed by atoms with E-state index in [1.807, 2.05) is 18.2 Å². The second-order valence-electron chi connectivity index (χ2n) is 6.82. The van der Waals surface area contributed by atoms with Crippen molar-refractivity contribution < 1.29 is 4.79 Å². The van der Waals surface area contributed by atoms with Gasteiger partial charge in [0.05, 0.1) is 23.6 Å². The molecular weight excluding hydrogens is 324 g/mol. The number of hydrogen-bond donors (Lipinski definition) is 3. The molecule has 130 valence electrons. The number of aromatic amines is 1. The van der Waals surface area contributed by atoms with Crippen LogP contribution in [0.1, 0.15) is 15.9 Å². The van der Waals surface area contributed by atoms with Crippen molar-refractivity contribution >= 4 is 22.5 Å². The number of carbonyl (C=O) groups is 1. The topological polar surface area (TPSA) is 60.2 Å². The summed E-state index contributed by atoms with van der Waals surface area (Å²) in [6.07, 6.45) is 4.43. The number of hydrogen-bond acceptors (Lipinski definition) is 3. The molecule has 1 aromatic heterocycles. The summed E-state index contributed by atoms with van der Waals surface area (Å²) in [6, 6.07) is 14.5. The molecular formula is C21H20N4O. The molecule has 0 atom stereocenters. The Bertz CT molecular complexity index is 1010. The first kappa shape index (κ1) is 15.2. The van der Waals surface area contributed by atoms with E-state index in [0.717, 1.165) is 47.5 Å². The van der Waals surface area contributed by atoms with Gasteiger partial charge in [0.25, 0.3) is 5.91 Å². The average molecular weight is 344 g/mol. The smallest absolute Gasteiger partial charge is 0.253 e. The molecule has 2 aliphatic heterocycles. The van der Waals surface area contributed by atoms with Crippen LogP contribution in [0.15, 0.2) is 54.6 Å². The van der Waals surface area contributed by atoms with Crippen LogP contribution in [-0.2, 0) is 6.54 Å². The fraction of sp³-hybridized carbons (Fsp3) is 0.190. The second-order valence-corrected chi connectivity index (χ2v) is 6.82. The van der Waals surface area contributed by atoms with Crippen molar-refractivity contribution in [3.8, 4) is 11.3 Å². The fourth-order valence-electron chi connectivity index (χ4n) is 3.82. The molecule has 26 heavy (non-hydrogen) atoms. The molecule has 0 unspecified atom stereocenters. The molecule has 2 aliphatic rings. The Morgan fingerprint density at radius 1 is 0.962 bits per heavy atom. The van der Waals surface area contributed by atoms with Crippen molar-refractivity contribution in [2.75, 3.05) is 25.1 Å². The molecule has 3 heterocycles. The summed E-state index contributed by atoms with van der Waals surface area (Å²) >= 11 is 0. The van der Waals surface area contributed by atoms with E-state index >= 15 is 0 Å². The zero-order valence-electron chi connectivity index (χ0n) is 14.4. The first-order valence-corrected chi connectivity index (χ1v) is 8.93. The van der Waals surface area contributed by atoms with Crippen molar-refractivity contribution in [3.63, 3.8) is 0 Å². The van der Waals surface area contributed by atoms with Crippen molar-refractivity contribution in [1.29, 1.82) is 0 Å². The predicted octanol–water partition coefficient (Wildman–Crippen LogP) is 3.32. The molecule has 0 aliphatic carbocycles. The maximum absolute atomic E-state index is 12.3. The summed E-state index contributed by atoms with van der Waals surface area (Å²) in [5.74, 6) is -0.0398. The number of carbonyl (C=O) groups excluding carboxylic acids is 1. The Morgan fingerprint density at radius 3 is 2.58 bits per heavy atom. The van der Waals surface area contributed by atoms with Crippen LogP contribution in [0.5, 0.6) is 0 Å². The highest BCUT2D eigenvalue weighted by molar-refractivity contribution is 6.15. The molecule has 5 nitrogen and oxygen atoms in total. The van der Waals surface area contributed by atoms with Gasteiger partial charge in [-0.1, -0.05) is 42.5 Å². The summed E-state index contributed by atoms with van der Waals surface area (Å²) in [5, 5.41) is 7.21. The average Bonchev–Trinajstić information content (AvgIpc) is 3.26. The second kappa shape index (κ2) is 6.04. The van der Waals surface area contributed by atoms with Gasteiger partial charge in [0.1, 0.15) is 0 Å². The highest BCUT2D eigenvalue weighted by atomic mass is 16.1. The van der Waals surface area contributed by atoms with Gasteiger partial charge in [-0.25, -0.2) is 0 Å². The normalized spacial score (nSPS) is 16.5. The summed E-state index contributed by atoms with van der Waals surface area (Å²) in [4.78, 5) is 18.2. The van der Waals surface area contributed by atoms with E-state index in [-0.39, 0.29) is 5.91 Å². The van der Waals surface area contributed by atoms with Crippen molar-refractivity contribution in [2.45, 2.75) is 6.54 Å². The summed E-state index contributed by atoms with van der Waals surface area (Å²) in [6.45, 7) is 3.45. The van der Waals surface area contributed by atoms with Gasteiger partial charge in [0, 0.05) is 36.1 Å². The number of nitrogens with one attached hydrogen (secondary N) is 3. The minimum absolute atomic E-state index is 0.0398. The van der Waals surface area contributed by atoms with E-state index in [1.165, 1.54) is 5.56 Å². The molecule has 0 bridgehead atoms. The Kier molecular flexibility index (Phi) is 3.53. The lowest BCUT2D eigenvalue weighted by Gasteiger charge is -2.15. The lowest BCUT2D eigenvalue weighted by atomic mass is 10.0. The van der Waals surface area contributed by atoms with Gasteiger partial charge in [-0.3, -0.25) is 9.69 Å². The van der Waals surface area contributed by atoms with Gasteiger partial charge in [0.2, 0.25) is 0 Å². The molecule has 5 rings (SSSR count). The van der Waals surface area contributed by atoms with Crippen LogP contribution >= 0.6 is 0 Å². The van der Waals surface area contributed by atoms with Crippen LogP contribution in [0, 0.1) is 0 Å². The predicted molar refractivity (Wildman–Crippen MR) is 104 cm³/mol. The van der Waals surface area contributed by atoms with E-state index in [4.69, 9.17) is 0 Å². The van der Waals surface area contributed by atoms with Crippen LogP contribution in [0.25, 0.3) is 22.2 Å². The van der Waals surface area contributed by atoms with Gasteiger partial charge in [0.15, 0.2) is 0 Å². The highest BCUT2D eigenvalue weighted by Gasteiger charge is 2.21. The zero-order chi connectivity index (χ0) is 17.5. The summed E-state index contributed by atoms with van der Waals surface area (Å²) in [7, 11) is 0. The number of amides is 1. The van der Waals surface area contributed by atoms with Crippen molar-refractivity contribution in [1.82, 2.24) is 15.2 Å². The molecule has 0 radical (unpaired) electrons. The van der Waals surface area contributed by atoms with Gasteiger partial charge < -0.3 is 15.6 Å². The molecule has 1 amide bonds. The first-order chi connectivity index (χ1) is 12.8.